The quantitative estimate of drug-likeness (QED) is 0.0114. The fourth-order valence-electron chi connectivity index (χ4n) is 6.74. The van der Waals surface area contributed by atoms with Crippen molar-refractivity contribution in [2.24, 2.45) is 0 Å². The molecule has 0 radical (unpaired) electrons. The zero-order valence-corrected chi connectivity index (χ0v) is 37.2. The van der Waals surface area contributed by atoms with E-state index in [2.05, 4.69) is 50.3 Å². The van der Waals surface area contributed by atoms with Crippen LogP contribution < -0.4 is 0 Å². The molecular formula is C45H81O13P. The molecule has 0 aromatic rings. The fraction of sp³-hybridized carbons (Fsp3) is 0.822. The number of carbonyl (C=O) groups excluding carboxylic acids is 2. The average molecular weight is 861 g/mol. The maximum atomic E-state index is 12.8. The van der Waals surface area contributed by atoms with Crippen molar-refractivity contribution in [3.05, 3.63) is 36.5 Å². The molecule has 0 aliphatic heterocycles. The molecule has 0 heterocycles. The molecule has 1 aliphatic rings. The molecule has 6 unspecified atom stereocenters. The molecule has 59 heavy (non-hydrogen) atoms. The van der Waals surface area contributed by atoms with Gasteiger partial charge in [0.05, 0.1) is 6.61 Å². The van der Waals surface area contributed by atoms with Gasteiger partial charge in [0.1, 0.15) is 43.2 Å². The molecule has 6 N–H and O–H groups in total. The summed E-state index contributed by atoms with van der Waals surface area (Å²) in [4.78, 5) is 35.6. The number of hydrogen-bond acceptors (Lipinski definition) is 12. The molecule has 1 saturated carbocycles. The molecule has 13 nitrogen and oxygen atoms in total. The van der Waals surface area contributed by atoms with Crippen LogP contribution in [0.5, 0.6) is 0 Å². The van der Waals surface area contributed by atoms with Crippen molar-refractivity contribution in [3.63, 3.8) is 0 Å². The summed E-state index contributed by atoms with van der Waals surface area (Å²) in [5.74, 6) is -1.14. The van der Waals surface area contributed by atoms with Crippen molar-refractivity contribution >= 4 is 19.8 Å². The molecule has 0 spiro atoms. The minimum atomic E-state index is -5.12. The Morgan fingerprint density at radius 1 is 0.525 bits per heavy atom. The standard InChI is InChI=1S/C45H81O13P/c1-3-5-7-9-11-13-15-17-19-21-23-25-27-29-31-33-38(46)55-35-37(36-56-59(53,54)58-45-43(51)41(49)40(48)42(50)44(45)52)57-39(47)34-32-30-28-26-24-22-20-18-16-14-12-10-8-6-4-2/h14,16,18,20,23,25,37,40-45,48-52H,3-13,15,17,19,21-22,24,26-36H2,1-2H3,(H,53,54)/b16-14+,20-18+,25-23+/t37-,40?,41-,42?,43?,44?,45?/m1/s1. The van der Waals surface area contributed by atoms with Crippen LogP contribution in [0.3, 0.4) is 0 Å². The summed E-state index contributed by atoms with van der Waals surface area (Å²) in [6, 6.07) is 0. The highest BCUT2D eigenvalue weighted by Gasteiger charge is 2.51. The monoisotopic (exact) mass is 861 g/mol. The lowest BCUT2D eigenvalue weighted by Gasteiger charge is -2.41. The van der Waals surface area contributed by atoms with Crippen LogP contribution >= 0.6 is 7.82 Å². The number of unbranched alkanes of at least 4 members (excludes halogenated alkanes) is 20. The van der Waals surface area contributed by atoms with Crippen molar-refractivity contribution in [1.82, 2.24) is 0 Å². The molecule has 8 atom stereocenters. The van der Waals surface area contributed by atoms with Gasteiger partial charge in [0.15, 0.2) is 6.10 Å². The third kappa shape index (κ3) is 28.3. The zero-order chi connectivity index (χ0) is 43.6. The van der Waals surface area contributed by atoms with Crippen LogP contribution in [0.2, 0.25) is 0 Å². The second kappa shape index (κ2) is 35.6. The number of allylic oxidation sites excluding steroid dienone is 6. The normalized spacial score (nSPS) is 22.6. The van der Waals surface area contributed by atoms with Gasteiger partial charge in [-0.15, -0.1) is 0 Å². The van der Waals surface area contributed by atoms with E-state index in [4.69, 9.17) is 18.5 Å². The van der Waals surface area contributed by atoms with E-state index in [0.717, 1.165) is 57.8 Å². The number of carbonyl (C=O) groups is 2. The van der Waals surface area contributed by atoms with Crippen LogP contribution in [0.1, 0.15) is 181 Å². The number of phosphoric acid groups is 1. The highest BCUT2D eigenvalue weighted by atomic mass is 31.2. The molecule has 14 heteroatoms. The topological polar surface area (TPSA) is 210 Å². The molecule has 0 aromatic carbocycles. The second-order valence-electron chi connectivity index (χ2n) is 15.9. The van der Waals surface area contributed by atoms with Crippen molar-refractivity contribution in [2.45, 2.75) is 224 Å². The number of aliphatic hydroxyl groups is 5. The number of ether oxygens (including phenoxy) is 2. The van der Waals surface area contributed by atoms with Gasteiger partial charge in [-0.3, -0.25) is 18.6 Å². The van der Waals surface area contributed by atoms with Gasteiger partial charge in [0, 0.05) is 12.8 Å². The molecule has 0 saturated heterocycles. The minimum absolute atomic E-state index is 0.0753. The lowest BCUT2D eigenvalue weighted by Crippen LogP contribution is -2.64. The number of rotatable bonds is 37. The van der Waals surface area contributed by atoms with Gasteiger partial charge in [0.2, 0.25) is 0 Å². The van der Waals surface area contributed by atoms with Crippen molar-refractivity contribution < 1.29 is 63.1 Å². The van der Waals surface area contributed by atoms with Crippen molar-refractivity contribution in [2.75, 3.05) is 13.2 Å². The number of hydrogen-bond donors (Lipinski definition) is 6. The van der Waals surface area contributed by atoms with E-state index in [1.165, 1.54) is 83.5 Å². The Bertz CT molecular complexity index is 1180. The molecule has 0 aromatic heterocycles. The largest absolute Gasteiger partial charge is 0.472 e. The zero-order valence-electron chi connectivity index (χ0n) is 36.3. The van der Waals surface area contributed by atoms with E-state index in [1.54, 1.807) is 0 Å². The minimum Gasteiger partial charge on any atom is -0.462 e. The summed E-state index contributed by atoms with van der Waals surface area (Å²) in [5, 5.41) is 50.1. The van der Waals surface area contributed by atoms with E-state index < -0.39 is 75.7 Å². The first kappa shape index (κ1) is 55.1. The SMILES string of the molecule is CCCCCC/C=C/C=C/CCCCCCCC(=O)O[C@H](COC(=O)CCCC/C=C/CCCCCCCCCCC)COP(=O)(O)OC1C(O)C(O)C(O)[C@@H](O)C1O. The lowest BCUT2D eigenvalue weighted by molar-refractivity contribution is -0.220. The molecule has 0 amide bonds. The third-order valence-electron chi connectivity index (χ3n) is 10.5. The third-order valence-corrected chi connectivity index (χ3v) is 11.5. The average Bonchev–Trinajstić information content (AvgIpc) is 3.21. The summed E-state index contributed by atoms with van der Waals surface area (Å²) < 4.78 is 33.5. The Hall–Kier alpha value is -1.93. The first-order chi connectivity index (χ1) is 28.4. The van der Waals surface area contributed by atoms with Crippen LogP contribution in [0.15, 0.2) is 36.5 Å². The maximum absolute atomic E-state index is 12.8. The van der Waals surface area contributed by atoms with Gasteiger partial charge in [-0.1, -0.05) is 140 Å². The summed E-state index contributed by atoms with van der Waals surface area (Å²) in [6.45, 7) is 3.24. The van der Waals surface area contributed by atoms with Crippen molar-refractivity contribution in [3.8, 4) is 0 Å². The fourth-order valence-corrected chi connectivity index (χ4v) is 7.72. The van der Waals surface area contributed by atoms with Gasteiger partial charge in [-0.05, 0) is 64.2 Å². The smallest absolute Gasteiger partial charge is 0.462 e. The Morgan fingerprint density at radius 3 is 1.44 bits per heavy atom. The van der Waals surface area contributed by atoms with Gasteiger partial charge in [-0.25, -0.2) is 4.57 Å². The number of esters is 2. The van der Waals surface area contributed by atoms with Crippen LogP contribution in [0.4, 0.5) is 0 Å². The Labute approximate surface area is 355 Å². The van der Waals surface area contributed by atoms with Gasteiger partial charge in [-0.2, -0.15) is 0 Å². The van der Waals surface area contributed by atoms with Gasteiger partial charge < -0.3 is 39.9 Å². The molecule has 344 valence electrons. The molecule has 1 aliphatic carbocycles. The van der Waals surface area contributed by atoms with Crippen LogP contribution in [-0.4, -0.2) is 98.3 Å². The van der Waals surface area contributed by atoms with E-state index in [-0.39, 0.29) is 12.8 Å². The van der Waals surface area contributed by atoms with E-state index in [0.29, 0.717) is 12.8 Å². The van der Waals surface area contributed by atoms with Gasteiger partial charge >= 0.3 is 19.8 Å². The highest BCUT2D eigenvalue weighted by Crippen LogP contribution is 2.47. The van der Waals surface area contributed by atoms with Crippen LogP contribution in [0, 0.1) is 0 Å². The number of phosphoric ester groups is 1. The first-order valence-electron chi connectivity index (χ1n) is 22.8. The first-order valence-corrected chi connectivity index (χ1v) is 24.3. The van der Waals surface area contributed by atoms with E-state index in [1.807, 2.05) is 0 Å². The Kier molecular flexibility index (Phi) is 33.3. The molecule has 1 rings (SSSR count). The second-order valence-corrected chi connectivity index (χ2v) is 17.3. The molecular weight excluding hydrogens is 779 g/mol. The van der Waals surface area contributed by atoms with Crippen LogP contribution in [0.25, 0.3) is 0 Å². The Morgan fingerprint density at radius 2 is 0.915 bits per heavy atom. The highest BCUT2D eigenvalue weighted by molar-refractivity contribution is 7.47. The van der Waals surface area contributed by atoms with Gasteiger partial charge in [0.25, 0.3) is 0 Å². The predicted molar refractivity (Wildman–Crippen MR) is 230 cm³/mol. The van der Waals surface area contributed by atoms with E-state index in [9.17, 15) is 44.6 Å². The Balaban J connectivity index is 2.50. The summed E-state index contributed by atoms with van der Waals surface area (Å²) in [5.41, 5.74) is 0. The predicted octanol–water partition coefficient (Wildman–Crippen LogP) is 8.61. The van der Waals surface area contributed by atoms with E-state index >= 15 is 0 Å². The summed E-state index contributed by atoms with van der Waals surface area (Å²) in [6.07, 6.45) is 26.3. The molecule has 0 bridgehead atoms. The number of aliphatic hydroxyl groups excluding tert-OH is 5. The lowest BCUT2D eigenvalue weighted by atomic mass is 9.85. The molecule has 1 fully saturated rings. The van der Waals surface area contributed by atoms with Crippen molar-refractivity contribution in [1.29, 1.82) is 0 Å². The maximum Gasteiger partial charge on any atom is 0.472 e. The summed E-state index contributed by atoms with van der Waals surface area (Å²) in [7, 11) is -5.12. The summed E-state index contributed by atoms with van der Waals surface area (Å²) >= 11 is 0. The van der Waals surface area contributed by atoms with Crippen LogP contribution in [-0.2, 0) is 32.7 Å².